The molecule has 0 amide bonds. The summed E-state index contributed by atoms with van der Waals surface area (Å²) in [6.07, 6.45) is 0.881. The van der Waals surface area contributed by atoms with Crippen molar-refractivity contribution < 1.29 is 33.3 Å². The van der Waals surface area contributed by atoms with Crippen molar-refractivity contribution in [2.75, 3.05) is 34.5 Å². The second-order valence-corrected chi connectivity index (χ2v) is 10.3. The van der Waals surface area contributed by atoms with E-state index in [-0.39, 0.29) is 18.3 Å². The summed E-state index contributed by atoms with van der Waals surface area (Å²) in [7, 11) is 4.75. The lowest BCUT2D eigenvalue weighted by atomic mass is 9.66. The summed E-state index contributed by atoms with van der Waals surface area (Å²) < 4.78 is 28.4. The molecule has 1 unspecified atom stereocenters. The van der Waals surface area contributed by atoms with Crippen molar-refractivity contribution in [1.29, 1.82) is 0 Å². The number of Topliss-reactive ketones (excluding diaryl/α,β-unsaturated/α-hetero) is 1. The number of carbonyl (C=O) groups is 2. The molecule has 1 aliphatic carbocycles. The van der Waals surface area contributed by atoms with Gasteiger partial charge in [0.05, 0.1) is 50.5 Å². The lowest BCUT2D eigenvalue weighted by Crippen LogP contribution is -2.41. The Morgan fingerprint density at radius 3 is 2.28 bits per heavy atom. The molecule has 39 heavy (non-hydrogen) atoms. The first-order valence-electron chi connectivity index (χ1n) is 13.0. The first-order chi connectivity index (χ1) is 18.8. The zero-order chi connectivity index (χ0) is 28.3. The van der Waals surface area contributed by atoms with Crippen molar-refractivity contribution in [3.8, 4) is 23.0 Å². The maximum absolute atomic E-state index is 13.9. The zero-order valence-electron chi connectivity index (χ0n) is 23.1. The minimum Gasteiger partial charge on any atom is -0.493 e. The largest absolute Gasteiger partial charge is 0.493 e. The number of halogens is 1. The number of methoxy groups -OCH3 is 3. The number of rotatable bonds is 9. The molecular weight excluding hydrogens is 566 g/mol. The molecule has 0 radical (unpaired) electrons. The molecule has 0 aromatic heterocycles. The number of carbonyl (C=O) groups excluding carboxylic acids is 2. The first kappa shape index (κ1) is 28.7. The van der Waals surface area contributed by atoms with Gasteiger partial charge in [-0.3, -0.25) is 9.79 Å². The number of benzene rings is 2. The third-order valence-electron chi connectivity index (χ3n) is 7.22. The van der Waals surface area contributed by atoms with E-state index in [2.05, 4.69) is 15.9 Å². The molecule has 2 aromatic carbocycles. The van der Waals surface area contributed by atoms with Gasteiger partial charge in [-0.2, -0.15) is 0 Å². The van der Waals surface area contributed by atoms with Crippen molar-refractivity contribution in [1.82, 2.24) is 0 Å². The van der Waals surface area contributed by atoms with Gasteiger partial charge in [0.2, 0.25) is 0 Å². The molecule has 1 aliphatic heterocycles. The number of nitrogens with zero attached hydrogens (tertiary/aromatic N) is 1. The quantitative estimate of drug-likeness (QED) is 0.326. The molecule has 2 aromatic rings. The number of hydrogen-bond acceptors (Lipinski definition) is 8. The lowest BCUT2D eigenvalue weighted by Gasteiger charge is -2.38. The predicted molar refractivity (Wildman–Crippen MR) is 151 cm³/mol. The van der Waals surface area contributed by atoms with Crippen LogP contribution in [-0.4, -0.2) is 52.0 Å². The van der Waals surface area contributed by atoms with Crippen LogP contribution in [-0.2, 0) is 14.3 Å². The predicted octanol–water partition coefficient (Wildman–Crippen LogP) is 6.01. The van der Waals surface area contributed by atoms with Gasteiger partial charge in [0.25, 0.3) is 0 Å². The van der Waals surface area contributed by atoms with Crippen LogP contribution in [0.2, 0.25) is 0 Å². The van der Waals surface area contributed by atoms with E-state index in [4.69, 9.17) is 28.7 Å². The van der Waals surface area contributed by atoms with Gasteiger partial charge in [0, 0.05) is 23.7 Å². The maximum Gasteiger partial charge on any atom is 0.336 e. The highest BCUT2D eigenvalue weighted by Gasteiger charge is 2.46. The van der Waals surface area contributed by atoms with Crippen LogP contribution in [0.1, 0.15) is 56.6 Å². The number of aliphatic imine (C=N–C) groups is 1. The molecule has 4 rings (SSSR count). The second kappa shape index (κ2) is 12.2. The van der Waals surface area contributed by atoms with Crippen LogP contribution in [0.3, 0.4) is 0 Å². The van der Waals surface area contributed by atoms with E-state index in [0.717, 1.165) is 16.8 Å². The highest BCUT2D eigenvalue weighted by atomic mass is 79.9. The fourth-order valence-corrected chi connectivity index (χ4v) is 6.20. The van der Waals surface area contributed by atoms with E-state index in [0.29, 0.717) is 58.2 Å². The van der Waals surface area contributed by atoms with Crippen LogP contribution in [0, 0.1) is 5.92 Å². The number of allylic oxidation sites excluding steroid dienone is 1. The van der Waals surface area contributed by atoms with E-state index in [1.165, 1.54) is 0 Å². The molecule has 1 saturated carbocycles. The highest BCUT2D eigenvalue weighted by molar-refractivity contribution is 9.10. The van der Waals surface area contributed by atoms with Crippen molar-refractivity contribution in [3.05, 3.63) is 57.2 Å². The Morgan fingerprint density at radius 2 is 1.64 bits per heavy atom. The molecule has 8 nitrogen and oxygen atoms in total. The summed E-state index contributed by atoms with van der Waals surface area (Å²) in [4.78, 5) is 32.0. The van der Waals surface area contributed by atoms with Gasteiger partial charge >= 0.3 is 5.97 Å². The number of ketones is 1. The van der Waals surface area contributed by atoms with Crippen LogP contribution < -0.4 is 18.9 Å². The molecule has 3 atom stereocenters. The van der Waals surface area contributed by atoms with Gasteiger partial charge < -0.3 is 23.7 Å². The standard InChI is InChI=1S/C30H34BrNO7/c1-7-38-25-15-19(11-20(31)29(25)37-6)27-26(30(34)39-8-2)16(3)32-21-12-18(13-22(33)28(21)27)17-9-10-23(35-4)24(14-17)36-5/h9-11,14-15,18,27-28H,7-8,12-13H2,1-6H3/t18-,27+,28?/m1/s1. The fraction of sp³-hybridized carbons (Fsp3) is 0.433. The van der Waals surface area contributed by atoms with E-state index < -0.39 is 17.8 Å². The fourth-order valence-electron chi connectivity index (χ4n) is 5.58. The van der Waals surface area contributed by atoms with Crippen molar-refractivity contribution in [3.63, 3.8) is 0 Å². The first-order valence-corrected chi connectivity index (χ1v) is 13.8. The Hall–Kier alpha value is -3.33. The third-order valence-corrected chi connectivity index (χ3v) is 7.81. The van der Waals surface area contributed by atoms with Gasteiger partial charge in [0.15, 0.2) is 23.0 Å². The van der Waals surface area contributed by atoms with E-state index in [1.807, 2.05) is 37.3 Å². The third kappa shape index (κ3) is 5.55. The van der Waals surface area contributed by atoms with Crippen LogP contribution in [0.4, 0.5) is 0 Å². The lowest BCUT2D eigenvalue weighted by molar-refractivity contribution is -0.139. The molecule has 2 aliphatic rings. The van der Waals surface area contributed by atoms with E-state index in [9.17, 15) is 9.59 Å². The van der Waals surface area contributed by atoms with Gasteiger partial charge in [-0.25, -0.2) is 4.79 Å². The summed E-state index contributed by atoms with van der Waals surface area (Å²) in [5, 5.41) is 0. The molecule has 1 heterocycles. The zero-order valence-corrected chi connectivity index (χ0v) is 24.7. The van der Waals surface area contributed by atoms with E-state index in [1.54, 1.807) is 35.2 Å². The topological polar surface area (TPSA) is 92.7 Å². The van der Waals surface area contributed by atoms with Gasteiger partial charge in [-0.05, 0) is 84.4 Å². The van der Waals surface area contributed by atoms with Crippen LogP contribution >= 0.6 is 15.9 Å². The smallest absolute Gasteiger partial charge is 0.336 e. The summed E-state index contributed by atoms with van der Waals surface area (Å²) in [5.41, 5.74) is 3.43. The van der Waals surface area contributed by atoms with E-state index >= 15 is 0 Å². The highest BCUT2D eigenvalue weighted by Crippen LogP contribution is 2.49. The molecule has 1 fully saturated rings. The molecule has 208 valence electrons. The molecule has 0 N–H and O–H groups in total. The Labute approximate surface area is 237 Å². The average molecular weight is 601 g/mol. The maximum atomic E-state index is 13.9. The minimum atomic E-state index is -0.598. The summed E-state index contributed by atoms with van der Waals surface area (Å²) in [6.45, 7) is 6.10. The Bertz CT molecular complexity index is 1330. The number of ether oxygens (including phenoxy) is 5. The van der Waals surface area contributed by atoms with Crippen LogP contribution in [0.25, 0.3) is 0 Å². The Morgan fingerprint density at radius 1 is 0.923 bits per heavy atom. The molecular formula is C30H34BrNO7. The normalized spacial score (nSPS) is 20.6. The molecule has 0 spiro atoms. The molecule has 0 bridgehead atoms. The van der Waals surface area contributed by atoms with Crippen molar-refractivity contribution >= 4 is 33.4 Å². The molecule has 0 saturated heterocycles. The summed E-state index contributed by atoms with van der Waals surface area (Å²) >= 11 is 3.59. The number of fused-ring (bicyclic) bond motifs is 1. The average Bonchev–Trinajstić information content (AvgIpc) is 2.91. The summed E-state index contributed by atoms with van der Waals surface area (Å²) in [6, 6.07) is 9.46. The van der Waals surface area contributed by atoms with Crippen LogP contribution in [0.15, 0.2) is 51.1 Å². The van der Waals surface area contributed by atoms with Crippen molar-refractivity contribution in [2.24, 2.45) is 10.9 Å². The SMILES string of the molecule is CCOC(=O)C1=C(C)N=C2C[C@@H](c3ccc(OC)c(OC)c3)CC(=O)C2[C@H]1c1cc(Br)c(OC)c(OCC)c1. The minimum absolute atomic E-state index is 0.0176. The Balaban J connectivity index is 1.82. The van der Waals surface area contributed by atoms with Gasteiger partial charge in [-0.1, -0.05) is 6.07 Å². The van der Waals surface area contributed by atoms with Gasteiger partial charge in [0.1, 0.15) is 5.78 Å². The second-order valence-electron chi connectivity index (χ2n) is 9.43. The van der Waals surface area contributed by atoms with Gasteiger partial charge in [-0.15, -0.1) is 0 Å². The van der Waals surface area contributed by atoms with Crippen molar-refractivity contribution in [2.45, 2.75) is 45.4 Å². The summed E-state index contributed by atoms with van der Waals surface area (Å²) in [5.74, 6) is 0.617. The number of esters is 1. The number of hydrogen-bond donors (Lipinski definition) is 0. The monoisotopic (exact) mass is 599 g/mol. The Kier molecular flexibility index (Phi) is 9.00. The van der Waals surface area contributed by atoms with Crippen LogP contribution in [0.5, 0.6) is 23.0 Å². The molecule has 9 heteroatoms.